The highest BCUT2D eigenvalue weighted by molar-refractivity contribution is 7.99. The number of thioether (sulfide) groups is 1. The number of rotatable bonds is 5. The van der Waals surface area contributed by atoms with Gasteiger partial charge in [-0.05, 0) is 31.0 Å². The summed E-state index contributed by atoms with van der Waals surface area (Å²) in [6, 6.07) is 10.5. The van der Waals surface area contributed by atoms with Gasteiger partial charge in [-0.25, -0.2) is 4.98 Å². The number of nitriles is 1. The van der Waals surface area contributed by atoms with Crippen LogP contribution in [0.5, 0.6) is 0 Å². The molecule has 3 nitrogen and oxygen atoms in total. The Balaban J connectivity index is 2.10. The number of hydrogen-bond acceptors (Lipinski definition) is 3. The first-order valence-electron chi connectivity index (χ1n) is 5.91. The Morgan fingerprint density at radius 1 is 1.44 bits per heavy atom. The van der Waals surface area contributed by atoms with Crippen molar-refractivity contribution >= 4 is 11.8 Å². The van der Waals surface area contributed by atoms with Crippen LogP contribution < -0.4 is 0 Å². The molecular formula is C14H15N3S. The van der Waals surface area contributed by atoms with Gasteiger partial charge in [-0.3, -0.25) is 4.57 Å². The molecule has 0 aliphatic heterocycles. The third-order valence-corrected chi connectivity index (χ3v) is 3.60. The summed E-state index contributed by atoms with van der Waals surface area (Å²) >= 11 is 1.70. The molecule has 0 aliphatic carbocycles. The predicted molar refractivity (Wildman–Crippen MR) is 73.9 cm³/mol. The van der Waals surface area contributed by atoms with E-state index in [-0.39, 0.29) is 0 Å². The number of nitrogens with zero attached hydrogens (tertiary/aromatic N) is 3. The van der Waals surface area contributed by atoms with Crippen LogP contribution >= 0.6 is 11.8 Å². The minimum absolute atomic E-state index is 0.609. The van der Waals surface area contributed by atoms with E-state index >= 15 is 0 Å². The standard InChI is InChI=1S/C14H15N3S/c1-12-5-4-6-13(11-12)17-9-8-16-14(17)18-10-3-2-7-15/h4-6,8-9,11H,2-3,10H2,1H3. The lowest BCUT2D eigenvalue weighted by atomic mass is 10.2. The van der Waals surface area contributed by atoms with Gasteiger partial charge in [0.25, 0.3) is 0 Å². The van der Waals surface area contributed by atoms with Crippen LogP contribution in [0.1, 0.15) is 18.4 Å². The normalized spacial score (nSPS) is 10.2. The maximum atomic E-state index is 8.51. The summed E-state index contributed by atoms with van der Waals surface area (Å²) in [7, 11) is 0. The maximum Gasteiger partial charge on any atom is 0.172 e. The molecule has 0 atom stereocenters. The number of hydrogen-bond donors (Lipinski definition) is 0. The van der Waals surface area contributed by atoms with Crippen molar-refractivity contribution in [1.82, 2.24) is 9.55 Å². The van der Waals surface area contributed by atoms with E-state index in [4.69, 9.17) is 5.26 Å². The smallest absolute Gasteiger partial charge is 0.172 e. The molecule has 0 saturated carbocycles. The van der Waals surface area contributed by atoms with E-state index in [0.717, 1.165) is 23.0 Å². The van der Waals surface area contributed by atoms with Gasteiger partial charge in [-0.15, -0.1) is 0 Å². The average Bonchev–Trinajstić information content (AvgIpc) is 2.83. The molecule has 0 unspecified atom stereocenters. The van der Waals surface area contributed by atoms with Gasteiger partial charge in [0.05, 0.1) is 6.07 Å². The Morgan fingerprint density at radius 2 is 2.33 bits per heavy atom. The lowest BCUT2D eigenvalue weighted by Crippen LogP contribution is -1.96. The molecule has 2 rings (SSSR count). The van der Waals surface area contributed by atoms with Gasteiger partial charge >= 0.3 is 0 Å². The second-order valence-electron chi connectivity index (χ2n) is 4.03. The first-order valence-corrected chi connectivity index (χ1v) is 6.90. The van der Waals surface area contributed by atoms with Crippen molar-refractivity contribution in [2.24, 2.45) is 0 Å². The zero-order valence-electron chi connectivity index (χ0n) is 10.3. The van der Waals surface area contributed by atoms with E-state index in [2.05, 4.69) is 46.8 Å². The van der Waals surface area contributed by atoms with Gasteiger partial charge in [0.1, 0.15) is 0 Å². The van der Waals surface area contributed by atoms with Gasteiger partial charge in [0, 0.05) is 30.3 Å². The number of imidazole rings is 1. The number of aromatic nitrogens is 2. The van der Waals surface area contributed by atoms with Crippen LogP contribution in [-0.4, -0.2) is 15.3 Å². The molecule has 0 fully saturated rings. The topological polar surface area (TPSA) is 41.6 Å². The van der Waals surface area contributed by atoms with E-state index in [9.17, 15) is 0 Å². The van der Waals surface area contributed by atoms with E-state index in [1.807, 2.05) is 12.4 Å². The largest absolute Gasteiger partial charge is 0.295 e. The Bertz CT molecular complexity index is 554. The summed E-state index contributed by atoms with van der Waals surface area (Å²) in [6.07, 6.45) is 5.30. The van der Waals surface area contributed by atoms with Gasteiger partial charge in [-0.2, -0.15) is 5.26 Å². The summed E-state index contributed by atoms with van der Waals surface area (Å²) in [5.74, 6) is 0.927. The Kier molecular flexibility index (Phi) is 4.43. The monoisotopic (exact) mass is 257 g/mol. The van der Waals surface area contributed by atoms with Crippen molar-refractivity contribution in [2.45, 2.75) is 24.9 Å². The van der Waals surface area contributed by atoms with Crippen LogP contribution in [0.15, 0.2) is 41.8 Å². The number of aryl methyl sites for hydroxylation is 1. The summed E-state index contributed by atoms with van der Waals surface area (Å²) < 4.78 is 2.09. The van der Waals surface area contributed by atoms with Crippen LogP contribution in [0.4, 0.5) is 0 Å². The highest BCUT2D eigenvalue weighted by Crippen LogP contribution is 2.21. The van der Waals surface area contributed by atoms with Crippen LogP contribution in [0.25, 0.3) is 5.69 Å². The van der Waals surface area contributed by atoms with Crippen molar-refractivity contribution in [2.75, 3.05) is 5.75 Å². The lowest BCUT2D eigenvalue weighted by molar-refractivity contribution is 0.887. The molecule has 1 aromatic carbocycles. The highest BCUT2D eigenvalue weighted by atomic mass is 32.2. The van der Waals surface area contributed by atoms with E-state index in [0.29, 0.717) is 6.42 Å². The minimum Gasteiger partial charge on any atom is -0.295 e. The fraction of sp³-hybridized carbons (Fsp3) is 0.286. The zero-order valence-corrected chi connectivity index (χ0v) is 11.2. The van der Waals surface area contributed by atoms with E-state index < -0.39 is 0 Å². The number of unbranched alkanes of at least 4 members (excludes halogenated alkanes) is 1. The first kappa shape index (κ1) is 12.7. The fourth-order valence-electron chi connectivity index (χ4n) is 1.69. The third kappa shape index (κ3) is 3.14. The fourth-order valence-corrected chi connectivity index (χ4v) is 2.60. The Hall–Kier alpha value is -1.73. The van der Waals surface area contributed by atoms with Crippen LogP contribution in [0, 0.1) is 18.3 Å². The minimum atomic E-state index is 0.609. The van der Waals surface area contributed by atoms with Gasteiger partial charge < -0.3 is 0 Å². The molecular weight excluding hydrogens is 242 g/mol. The molecule has 2 aromatic rings. The van der Waals surface area contributed by atoms with Crippen molar-refractivity contribution in [3.63, 3.8) is 0 Å². The van der Waals surface area contributed by atoms with E-state index in [1.165, 1.54) is 5.56 Å². The first-order chi connectivity index (χ1) is 8.81. The second-order valence-corrected chi connectivity index (χ2v) is 5.09. The SMILES string of the molecule is Cc1cccc(-n2ccnc2SCCCC#N)c1. The molecule has 4 heteroatoms. The Morgan fingerprint density at radius 3 is 3.11 bits per heavy atom. The highest BCUT2D eigenvalue weighted by Gasteiger charge is 2.05. The van der Waals surface area contributed by atoms with Crippen molar-refractivity contribution in [1.29, 1.82) is 5.26 Å². The maximum absolute atomic E-state index is 8.51. The summed E-state index contributed by atoms with van der Waals surface area (Å²) in [5, 5.41) is 9.49. The molecule has 0 spiro atoms. The molecule has 0 bridgehead atoms. The lowest BCUT2D eigenvalue weighted by Gasteiger charge is -2.07. The third-order valence-electron chi connectivity index (χ3n) is 2.55. The molecule has 1 heterocycles. The van der Waals surface area contributed by atoms with Crippen molar-refractivity contribution < 1.29 is 0 Å². The summed E-state index contributed by atoms with van der Waals surface area (Å²) in [4.78, 5) is 4.36. The molecule has 0 radical (unpaired) electrons. The predicted octanol–water partition coefficient (Wildman–Crippen LogP) is 3.58. The van der Waals surface area contributed by atoms with Crippen molar-refractivity contribution in [3.8, 4) is 11.8 Å². The zero-order chi connectivity index (χ0) is 12.8. The van der Waals surface area contributed by atoms with Crippen LogP contribution in [0.3, 0.4) is 0 Å². The molecule has 0 saturated heterocycles. The molecule has 0 aliphatic rings. The summed E-state index contributed by atoms with van der Waals surface area (Å²) in [5.41, 5.74) is 2.37. The molecule has 0 amide bonds. The molecule has 1 aromatic heterocycles. The van der Waals surface area contributed by atoms with Crippen LogP contribution in [-0.2, 0) is 0 Å². The van der Waals surface area contributed by atoms with Gasteiger partial charge in [-0.1, -0.05) is 23.9 Å². The van der Waals surface area contributed by atoms with Crippen molar-refractivity contribution in [3.05, 3.63) is 42.2 Å². The Labute approximate surface area is 111 Å². The molecule has 0 N–H and O–H groups in total. The van der Waals surface area contributed by atoms with Crippen LogP contribution in [0.2, 0.25) is 0 Å². The number of benzene rings is 1. The quantitative estimate of drug-likeness (QED) is 0.607. The molecule has 18 heavy (non-hydrogen) atoms. The van der Waals surface area contributed by atoms with E-state index in [1.54, 1.807) is 11.8 Å². The second kappa shape index (κ2) is 6.27. The average molecular weight is 257 g/mol. The van der Waals surface area contributed by atoms with Gasteiger partial charge in [0.2, 0.25) is 0 Å². The summed E-state index contributed by atoms with van der Waals surface area (Å²) in [6.45, 7) is 2.08. The van der Waals surface area contributed by atoms with Gasteiger partial charge in [0.15, 0.2) is 5.16 Å². The molecule has 92 valence electrons.